The first kappa shape index (κ1) is 15.1. The van der Waals surface area contributed by atoms with Crippen LogP contribution in [-0.4, -0.2) is 9.55 Å². The lowest BCUT2D eigenvalue weighted by Crippen LogP contribution is -2.03. The predicted molar refractivity (Wildman–Crippen MR) is 97.4 cm³/mol. The van der Waals surface area contributed by atoms with E-state index in [0.29, 0.717) is 22.3 Å². The summed E-state index contributed by atoms with van der Waals surface area (Å²) < 4.78 is 7.31. The Morgan fingerprint density at radius 2 is 1.88 bits per heavy atom. The van der Waals surface area contributed by atoms with Crippen molar-refractivity contribution in [2.45, 2.75) is 6.54 Å². The van der Waals surface area contributed by atoms with Gasteiger partial charge in [0, 0.05) is 6.54 Å². The Morgan fingerprint density at radius 1 is 1.04 bits per heavy atom. The standard InChI is InChI=1S/C18H13Cl2N3O/c19-13-6-5-11(7-14(13)20)8-23-17-4-2-1-3-16(17)22-18(23)12-9-24-10-15(12)21/h1-7,9-10H,8,21H2. The summed E-state index contributed by atoms with van der Waals surface area (Å²) in [5.41, 5.74) is 10.3. The SMILES string of the molecule is Nc1cocc1-c1nc2ccccc2n1Cc1ccc(Cl)c(Cl)c1. The van der Waals surface area contributed by atoms with Gasteiger partial charge in [-0.15, -0.1) is 0 Å². The Balaban J connectivity index is 1.89. The van der Waals surface area contributed by atoms with Gasteiger partial charge in [-0.3, -0.25) is 0 Å². The molecule has 2 N–H and O–H groups in total. The molecule has 0 unspecified atom stereocenters. The van der Waals surface area contributed by atoms with Crippen LogP contribution in [0.5, 0.6) is 0 Å². The zero-order valence-corrected chi connectivity index (χ0v) is 14.1. The number of para-hydroxylation sites is 2. The molecule has 2 aromatic heterocycles. The largest absolute Gasteiger partial charge is 0.470 e. The summed E-state index contributed by atoms with van der Waals surface area (Å²) >= 11 is 12.2. The minimum atomic E-state index is 0.531. The number of aromatic nitrogens is 2. The van der Waals surface area contributed by atoms with Gasteiger partial charge in [0.25, 0.3) is 0 Å². The van der Waals surface area contributed by atoms with Crippen LogP contribution in [0.15, 0.2) is 59.4 Å². The van der Waals surface area contributed by atoms with E-state index in [1.165, 1.54) is 6.26 Å². The highest BCUT2D eigenvalue weighted by molar-refractivity contribution is 6.42. The minimum Gasteiger partial charge on any atom is -0.470 e. The lowest BCUT2D eigenvalue weighted by atomic mass is 10.2. The summed E-state index contributed by atoms with van der Waals surface area (Å²) in [5.74, 6) is 0.758. The Morgan fingerprint density at radius 3 is 2.62 bits per heavy atom. The van der Waals surface area contributed by atoms with E-state index in [4.69, 9.17) is 38.3 Å². The highest BCUT2D eigenvalue weighted by Gasteiger charge is 2.16. The number of furan rings is 1. The van der Waals surface area contributed by atoms with Crippen molar-refractivity contribution in [3.05, 3.63) is 70.6 Å². The van der Waals surface area contributed by atoms with Crippen LogP contribution in [0.25, 0.3) is 22.4 Å². The summed E-state index contributed by atoms with van der Waals surface area (Å²) in [6, 6.07) is 13.6. The van der Waals surface area contributed by atoms with E-state index in [2.05, 4.69) is 4.57 Å². The molecule has 4 nitrogen and oxygen atoms in total. The van der Waals surface area contributed by atoms with Gasteiger partial charge in [0.05, 0.1) is 32.3 Å². The lowest BCUT2D eigenvalue weighted by molar-refractivity contribution is 0.568. The molecule has 0 atom stereocenters. The number of benzene rings is 2. The van der Waals surface area contributed by atoms with Gasteiger partial charge in [-0.25, -0.2) is 4.98 Å². The Hall–Kier alpha value is -2.43. The number of rotatable bonds is 3. The second-order valence-corrected chi connectivity index (χ2v) is 6.31. The summed E-state index contributed by atoms with van der Waals surface area (Å²) in [5, 5.41) is 1.07. The maximum absolute atomic E-state index is 6.14. The number of anilines is 1. The van der Waals surface area contributed by atoms with E-state index in [0.717, 1.165) is 28.0 Å². The van der Waals surface area contributed by atoms with Crippen LogP contribution >= 0.6 is 23.2 Å². The molecule has 0 fully saturated rings. The van der Waals surface area contributed by atoms with Crippen LogP contribution in [0, 0.1) is 0 Å². The smallest absolute Gasteiger partial charge is 0.146 e. The van der Waals surface area contributed by atoms with Crippen LogP contribution in [0.4, 0.5) is 5.69 Å². The van der Waals surface area contributed by atoms with Gasteiger partial charge in [-0.05, 0) is 29.8 Å². The number of imidazole rings is 1. The van der Waals surface area contributed by atoms with Gasteiger partial charge in [-0.2, -0.15) is 0 Å². The molecule has 0 aliphatic heterocycles. The summed E-state index contributed by atoms with van der Waals surface area (Å²) in [6.07, 6.45) is 3.13. The number of hydrogen-bond donors (Lipinski definition) is 1. The minimum absolute atomic E-state index is 0.531. The van der Waals surface area contributed by atoms with Crippen molar-refractivity contribution in [2.24, 2.45) is 0 Å². The van der Waals surface area contributed by atoms with Gasteiger partial charge in [0.15, 0.2) is 0 Å². The van der Waals surface area contributed by atoms with Crippen molar-refractivity contribution < 1.29 is 4.42 Å². The number of nitrogens with zero attached hydrogens (tertiary/aromatic N) is 2. The van der Waals surface area contributed by atoms with E-state index in [1.807, 2.05) is 36.4 Å². The molecule has 0 saturated carbocycles. The monoisotopic (exact) mass is 357 g/mol. The second-order valence-electron chi connectivity index (χ2n) is 5.50. The Labute approximate surface area is 148 Å². The highest BCUT2D eigenvalue weighted by atomic mass is 35.5. The molecule has 2 aromatic carbocycles. The van der Waals surface area contributed by atoms with Crippen molar-refractivity contribution >= 4 is 39.9 Å². The fourth-order valence-electron chi connectivity index (χ4n) is 2.75. The fraction of sp³-hybridized carbons (Fsp3) is 0.0556. The number of nitrogen functional groups attached to an aromatic ring is 1. The van der Waals surface area contributed by atoms with Crippen LogP contribution in [0.2, 0.25) is 10.0 Å². The van der Waals surface area contributed by atoms with Crippen LogP contribution in [0.3, 0.4) is 0 Å². The van der Waals surface area contributed by atoms with Gasteiger partial charge in [0.2, 0.25) is 0 Å². The average Bonchev–Trinajstić information content (AvgIpc) is 3.15. The van der Waals surface area contributed by atoms with Crippen molar-refractivity contribution in [1.82, 2.24) is 9.55 Å². The first-order chi connectivity index (χ1) is 11.6. The quantitative estimate of drug-likeness (QED) is 0.545. The summed E-state index contributed by atoms with van der Waals surface area (Å²) in [4.78, 5) is 4.72. The number of halogens is 2. The Kier molecular flexibility index (Phi) is 3.71. The fourth-order valence-corrected chi connectivity index (χ4v) is 3.07. The van der Waals surface area contributed by atoms with Gasteiger partial charge >= 0.3 is 0 Å². The molecule has 0 spiro atoms. The average molecular weight is 358 g/mol. The van der Waals surface area contributed by atoms with Gasteiger partial charge < -0.3 is 14.7 Å². The van der Waals surface area contributed by atoms with E-state index in [9.17, 15) is 0 Å². The van der Waals surface area contributed by atoms with E-state index in [-0.39, 0.29) is 0 Å². The van der Waals surface area contributed by atoms with E-state index < -0.39 is 0 Å². The van der Waals surface area contributed by atoms with Crippen molar-refractivity contribution in [3.63, 3.8) is 0 Å². The molecule has 0 aliphatic carbocycles. The van der Waals surface area contributed by atoms with Crippen LogP contribution < -0.4 is 5.73 Å². The number of nitrogens with two attached hydrogens (primary N) is 1. The van der Waals surface area contributed by atoms with Crippen molar-refractivity contribution in [2.75, 3.05) is 5.73 Å². The number of hydrogen-bond acceptors (Lipinski definition) is 3. The molecule has 120 valence electrons. The van der Waals surface area contributed by atoms with Gasteiger partial charge in [0.1, 0.15) is 18.4 Å². The first-order valence-corrected chi connectivity index (χ1v) is 8.10. The molecule has 6 heteroatoms. The number of fused-ring (bicyclic) bond motifs is 1. The molecule has 2 heterocycles. The molecule has 4 rings (SSSR count). The van der Waals surface area contributed by atoms with Crippen molar-refractivity contribution in [3.8, 4) is 11.4 Å². The molecule has 24 heavy (non-hydrogen) atoms. The molecule has 0 bridgehead atoms. The van der Waals surface area contributed by atoms with Crippen molar-refractivity contribution in [1.29, 1.82) is 0 Å². The Bertz CT molecular complexity index is 1040. The summed E-state index contributed by atoms with van der Waals surface area (Å²) in [6.45, 7) is 0.595. The molecule has 0 saturated heterocycles. The maximum Gasteiger partial charge on any atom is 0.146 e. The molecular weight excluding hydrogens is 345 g/mol. The topological polar surface area (TPSA) is 57.0 Å². The third-order valence-corrected chi connectivity index (χ3v) is 4.65. The molecule has 0 aliphatic rings. The first-order valence-electron chi connectivity index (χ1n) is 7.34. The molecule has 0 amide bonds. The van der Waals surface area contributed by atoms with E-state index in [1.54, 1.807) is 12.3 Å². The highest BCUT2D eigenvalue weighted by Crippen LogP contribution is 2.31. The molecule has 0 radical (unpaired) electrons. The zero-order chi connectivity index (χ0) is 16.7. The normalized spacial score (nSPS) is 11.2. The van der Waals surface area contributed by atoms with Crippen LogP contribution in [0.1, 0.15) is 5.56 Å². The third-order valence-electron chi connectivity index (χ3n) is 3.91. The van der Waals surface area contributed by atoms with Crippen LogP contribution in [-0.2, 0) is 6.54 Å². The second kappa shape index (κ2) is 5.89. The predicted octanol–water partition coefficient (Wildman–Crippen LogP) is 5.23. The van der Waals surface area contributed by atoms with Gasteiger partial charge in [-0.1, -0.05) is 41.4 Å². The lowest BCUT2D eigenvalue weighted by Gasteiger charge is -2.10. The third kappa shape index (κ3) is 2.54. The van der Waals surface area contributed by atoms with E-state index >= 15 is 0 Å². The molecule has 4 aromatic rings. The maximum atomic E-state index is 6.14. The molecular formula is C18H13Cl2N3O. The summed E-state index contributed by atoms with van der Waals surface area (Å²) in [7, 11) is 0. The zero-order valence-electron chi connectivity index (χ0n) is 12.5.